The first-order valence-electron chi connectivity index (χ1n) is 8.84. The summed E-state index contributed by atoms with van der Waals surface area (Å²) < 4.78 is 23.9. The zero-order chi connectivity index (χ0) is 18.9. The Morgan fingerprint density at radius 2 is 2.00 bits per heavy atom. The molecule has 0 fully saturated rings. The molecular formula is C21H24N2O2S. The second-order valence-corrected chi connectivity index (χ2v) is 9.93. The Morgan fingerprint density at radius 3 is 2.69 bits per heavy atom. The molecule has 4 nitrogen and oxygen atoms in total. The lowest BCUT2D eigenvalue weighted by atomic mass is 9.73. The van der Waals surface area contributed by atoms with E-state index in [9.17, 15) is 8.42 Å². The second-order valence-electron chi connectivity index (χ2n) is 7.58. The number of fused-ring (bicyclic) bond motifs is 1. The predicted molar refractivity (Wildman–Crippen MR) is 105 cm³/mol. The Balaban J connectivity index is 1.93. The van der Waals surface area contributed by atoms with Crippen LogP contribution in [0.4, 0.5) is 5.69 Å². The number of hydrogen-bond acceptors (Lipinski definition) is 4. The molecule has 0 radical (unpaired) electrons. The summed E-state index contributed by atoms with van der Waals surface area (Å²) >= 11 is 0. The van der Waals surface area contributed by atoms with E-state index in [-0.39, 0.29) is 23.0 Å². The van der Waals surface area contributed by atoms with E-state index >= 15 is 0 Å². The molecule has 1 atom stereocenters. The van der Waals surface area contributed by atoms with Crippen LogP contribution in [0.5, 0.6) is 0 Å². The van der Waals surface area contributed by atoms with Crippen LogP contribution < -0.4 is 5.32 Å². The lowest BCUT2D eigenvalue weighted by Gasteiger charge is -2.39. The second kappa shape index (κ2) is 6.77. The standard InChI is InChI=1S/C21H24N2O2S/c1-4-26(24,25)14-16-6-5-7-17(10-16)20-12-21(2,3)18-11-15(13-22)8-9-19(18)23-20/h5-11,20,23H,4,12,14H2,1-3H3. The van der Waals surface area contributed by atoms with Gasteiger partial charge >= 0.3 is 0 Å². The van der Waals surface area contributed by atoms with Gasteiger partial charge in [-0.2, -0.15) is 5.26 Å². The summed E-state index contributed by atoms with van der Waals surface area (Å²) in [4.78, 5) is 0. The lowest BCUT2D eigenvalue weighted by Crippen LogP contribution is -2.31. The topological polar surface area (TPSA) is 70.0 Å². The molecule has 2 aromatic carbocycles. The quantitative estimate of drug-likeness (QED) is 0.872. The fraction of sp³-hybridized carbons (Fsp3) is 0.381. The van der Waals surface area contributed by atoms with Crippen LogP contribution in [-0.4, -0.2) is 14.2 Å². The lowest BCUT2D eigenvalue weighted by molar-refractivity contribution is 0.427. The van der Waals surface area contributed by atoms with Crippen molar-refractivity contribution >= 4 is 15.5 Å². The van der Waals surface area contributed by atoms with Gasteiger partial charge in [-0.1, -0.05) is 45.0 Å². The van der Waals surface area contributed by atoms with E-state index in [1.165, 1.54) is 0 Å². The monoisotopic (exact) mass is 368 g/mol. The van der Waals surface area contributed by atoms with Gasteiger partial charge in [-0.25, -0.2) is 8.42 Å². The van der Waals surface area contributed by atoms with Crippen LogP contribution in [-0.2, 0) is 21.0 Å². The molecule has 0 spiro atoms. The molecule has 1 unspecified atom stereocenters. The van der Waals surface area contributed by atoms with Gasteiger partial charge in [0.1, 0.15) is 0 Å². The Labute approximate surface area is 155 Å². The molecule has 0 bridgehead atoms. The first-order chi connectivity index (χ1) is 12.2. The van der Waals surface area contributed by atoms with Crippen molar-refractivity contribution in [3.63, 3.8) is 0 Å². The molecule has 0 aromatic heterocycles. The minimum atomic E-state index is -3.05. The van der Waals surface area contributed by atoms with Crippen LogP contribution in [0.3, 0.4) is 0 Å². The maximum absolute atomic E-state index is 11.9. The van der Waals surface area contributed by atoms with E-state index in [2.05, 4.69) is 25.2 Å². The average Bonchev–Trinajstić information content (AvgIpc) is 2.61. The van der Waals surface area contributed by atoms with Crippen molar-refractivity contribution in [1.82, 2.24) is 0 Å². The number of benzene rings is 2. The van der Waals surface area contributed by atoms with E-state index in [1.807, 2.05) is 42.5 Å². The molecule has 2 aromatic rings. The molecule has 0 saturated heterocycles. The highest BCUT2D eigenvalue weighted by Gasteiger charge is 2.33. The molecule has 26 heavy (non-hydrogen) atoms. The van der Waals surface area contributed by atoms with Gasteiger partial charge < -0.3 is 5.32 Å². The Bertz CT molecular complexity index is 972. The van der Waals surface area contributed by atoms with Gasteiger partial charge in [0.05, 0.1) is 23.4 Å². The van der Waals surface area contributed by atoms with Gasteiger partial charge in [0.2, 0.25) is 0 Å². The maximum Gasteiger partial charge on any atom is 0.154 e. The number of rotatable bonds is 4. The van der Waals surface area contributed by atoms with Crippen LogP contribution in [0.15, 0.2) is 42.5 Å². The van der Waals surface area contributed by atoms with Gasteiger partial charge in [0.15, 0.2) is 9.84 Å². The molecule has 5 heteroatoms. The fourth-order valence-electron chi connectivity index (χ4n) is 3.62. The summed E-state index contributed by atoms with van der Waals surface area (Å²) in [6.07, 6.45) is 0.874. The van der Waals surface area contributed by atoms with Crippen molar-refractivity contribution in [3.8, 4) is 6.07 Å². The number of nitriles is 1. The normalized spacial score (nSPS) is 18.5. The zero-order valence-corrected chi connectivity index (χ0v) is 16.2. The van der Waals surface area contributed by atoms with Crippen LogP contribution in [0.1, 0.15) is 55.5 Å². The number of hydrogen-bond donors (Lipinski definition) is 1. The Kier molecular flexibility index (Phi) is 4.81. The number of sulfone groups is 1. The average molecular weight is 369 g/mol. The first kappa shape index (κ1) is 18.5. The van der Waals surface area contributed by atoms with Gasteiger partial charge in [-0.15, -0.1) is 0 Å². The highest BCUT2D eigenvalue weighted by atomic mass is 32.2. The minimum absolute atomic E-state index is 0.0789. The van der Waals surface area contributed by atoms with Crippen LogP contribution in [0.25, 0.3) is 0 Å². The highest BCUT2D eigenvalue weighted by molar-refractivity contribution is 7.90. The predicted octanol–water partition coefficient (Wildman–Crippen LogP) is 4.33. The zero-order valence-electron chi connectivity index (χ0n) is 15.4. The van der Waals surface area contributed by atoms with E-state index in [4.69, 9.17) is 5.26 Å². The van der Waals surface area contributed by atoms with Crippen molar-refractivity contribution in [1.29, 1.82) is 5.26 Å². The third-order valence-electron chi connectivity index (χ3n) is 5.10. The third-order valence-corrected chi connectivity index (χ3v) is 6.75. The molecule has 3 rings (SSSR count). The summed E-state index contributed by atoms with van der Waals surface area (Å²) in [6, 6.07) is 15.9. The Morgan fingerprint density at radius 1 is 1.23 bits per heavy atom. The van der Waals surface area contributed by atoms with Gasteiger partial charge in [-0.3, -0.25) is 0 Å². The van der Waals surface area contributed by atoms with E-state index in [0.29, 0.717) is 5.56 Å². The van der Waals surface area contributed by atoms with Gasteiger partial charge in [0, 0.05) is 11.4 Å². The molecule has 0 aliphatic carbocycles. The molecule has 1 N–H and O–H groups in total. The van der Waals surface area contributed by atoms with Crippen LogP contribution in [0.2, 0.25) is 0 Å². The summed E-state index contributed by atoms with van der Waals surface area (Å²) in [7, 11) is -3.05. The van der Waals surface area contributed by atoms with Crippen molar-refractivity contribution < 1.29 is 8.42 Å². The SMILES string of the molecule is CCS(=O)(=O)Cc1cccc(C2CC(C)(C)c3cc(C#N)ccc3N2)c1. The van der Waals surface area contributed by atoms with Crippen LogP contribution >= 0.6 is 0 Å². The maximum atomic E-state index is 11.9. The van der Waals surface area contributed by atoms with Crippen molar-refractivity contribution in [2.45, 2.75) is 44.4 Å². The molecular weight excluding hydrogens is 344 g/mol. The van der Waals surface area contributed by atoms with Crippen molar-refractivity contribution in [2.24, 2.45) is 0 Å². The van der Waals surface area contributed by atoms with E-state index in [0.717, 1.165) is 28.8 Å². The van der Waals surface area contributed by atoms with Gasteiger partial charge in [-0.05, 0) is 46.7 Å². The number of nitrogens with zero attached hydrogens (tertiary/aromatic N) is 1. The van der Waals surface area contributed by atoms with Crippen LogP contribution in [0, 0.1) is 11.3 Å². The Hall–Kier alpha value is -2.32. The highest BCUT2D eigenvalue weighted by Crippen LogP contribution is 2.44. The van der Waals surface area contributed by atoms with Gasteiger partial charge in [0.25, 0.3) is 0 Å². The third kappa shape index (κ3) is 3.76. The summed E-state index contributed by atoms with van der Waals surface area (Å²) in [5, 5.41) is 12.7. The fourth-order valence-corrected chi connectivity index (χ4v) is 4.51. The molecule has 1 aliphatic rings. The summed E-state index contributed by atoms with van der Waals surface area (Å²) in [5.74, 6) is 0.232. The number of nitrogens with one attached hydrogen (secondary N) is 1. The number of anilines is 1. The largest absolute Gasteiger partial charge is 0.378 e. The minimum Gasteiger partial charge on any atom is -0.378 e. The van der Waals surface area contributed by atoms with E-state index in [1.54, 1.807) is 6.92 Å². The summed E-state index contributed by atoms with van der Waals surface area (Å²) in [5.41, 5.74) is 4.70. The first-order valence-corrected chi connectivity index (χ1v) is 10.7. The van der Waals surface area contributed by atoms with Crippen molar-refractivity contribution in [3.05, 3.63) is 64.7 Å². The summed E-state index contributed by atoms with van der Waals surface area (Å²) in [6.45, 7) is 6.05. The van der Waals surface area contributed by atoms with Crippen molar-refractivity contribution in [2.75, 3.05) is 11.1 Å². The van der Waals surface area contributed by atoms with E-state index < -0.39 is 9.84 Å². The molecule has 1 heterocycles. The smallest absolute Gasteiger partial charge is 0.154 e. The molecule has 1 aliphatic heterocycles. The molecule has 0 amide bonds. The molecule has 0 saturated carbocycles. The molecule has 136 valence electrons.